The molecule has 0 saturated heterocycles. The van der Waals surface area contributed by atoms with Crippen LogP contribution in [-0.2, 0) is 24.5 Å². The molecule has 0 heterocycles. The van der Waals surface area contributed by atoms with Crippen LogP contribution in [0, 0.1) is 6.92 Å². The first kappa shape index (κ1) is 19.3. The fraction of sp³-hybridized carbons (Fsp3) is 0.375. The number of benzene rings is 1. The van der Waals surface area contributed by atoms with E-state index in [1.807, 2.05) is 0 Å². The summed E-state index contributed by atoms with van der Waals surface area (Å²) in [6.45, 7) is 1.31. The number of ketones is 2. The van der Waals surface area contributed by atoms with E-state index in [0.717, 1.165) is 18.6 Å². The van der Waals surface area contributed by atoms with Gasteiger partial charge in [-0.15, -0.1) is 0 Å². The van der Waals surface area contributed by atoms with E-state index < -0.39 is 41.0 Å². The van der Waals surface area contributed by atoms with Crippen molar-refractivity contribution in [2.24, 2.45) is 0 Å². The lowest BCUT2D eigenvalue weighted by Crippen LogP contribution is -2.21. The molecular formula is C16H18O7S2. The molecule has 2 rings (SSSR count). The van der Waals surface area contributed by atoms with Gasteiger partial charge < -0.3 is 5.11 Å². The molecule has 0 unspecified atom stereocenters. The Bertz CT molecular complexity index is 1010. The third-order valence-electron chi connectivity index (χ3n) is 4.00. The number of carbonyl (C=O) groups excluding carboxylic acids is 2. The van der Waals surface area contributed by atoms with E-state index in [2.05, 4.69) is 0 Å². The third kappa shape index (κ3) is 3.67. The summed E-state index contributed by atoms with van der Waals surface area (Å²) in [5, 5.41) is 9.90. The highest BCUT2D eigenvalue weighted by molar-refractivity contribution is 7.93. The molecule has 0 saturated carbocycles. The van der Waals surface area contributed by atoms with Crippen molar-refractivity contribution in [2.45, 2.75) is 36.0 Å². The molecule has 25 heavy (non-hydrogen) atoms. The van der Waals surface area contributed by atoms with Gasteiger partial charge >= 0.3 is 0 Å². The highest BCUT2D eigenvalue weighted by atomic mass is 32.2. The van der Waals surface area contributed by atoms with Gasteiger partial charge in [-0.3, -0.25) is 9.59 Å². The van der Waals surface area contributed by atoms with Crippen LogP contribution in [0.1, 0.15) is 35.2 Å². The minimum absolute atomic E-state index is 0.0610. The van der Waals surface area contributed by atoms with Crippen molar-refractivity contribution >= 4 is 31.2 Å². The van der Waals surface area contributed by atoms with Crippen LogP contribution >= 0.6 is 0 Å². The molecule has 0 atom stereocenters. The molecule has 1 aromatic carbocycles. The molecule has 7 nitrogen and oxygen atoms in total. The van der Waals surface area contributed by atoms with Crippen molar-refractivity contribution in [3.63, 3.8) is 0 Å². The summed E-state index contributed by atoms with van der Waals surface area (Å²) in [6.07, 6.45) is 2.45. The smallest absolute Gasteiger partial charge is 0.200 e. The highest BCUT2D eigenvalue weighted by Gasteiger charge is 2.31. The van der Waals surface area contributed by atoms with E-state index >= 15 is 0 Å². The minimum Gasteiger partial charge on any atom is -0.511 e. The summed E-state index contributed by atoms with van der Waals surface area (Å²) in [4.78, 5) is 23.8. The zero-order valence-electron chi connectivity index (χ0n) is 14.0. The minimum atomic E-state index is -3.96. The normalized spacial score (nSPS) is 16.2. The average Bonchev–Trinajstić information content (AvgIpc) is 2.44. The van der Waals surface area contributed by atoms with Gasteiger partial charge in [0.25, 0.3) is 0 Å². The van der Waals surface area contributed by atoms with Gasteiger partial charge in [-0.1, -0.05) is 0 Å². The average molecular weight is 386 g/mol. The molecule has 1 aromatic rings. The van der Waals surface area contributed by atoms with Gasteiger partial charge in [-0.2, -0.15) is 0 Å². The number of rotatable bonds is 4. The van der Waals surface area contributed by atoms with Crippen LogP contribution in [0.4, 0.5) is 0 Å². The second kappa shape index (κ2) is 6.38. The molecular weight excluding hydrogens is 368 g/mol. The summed E-state index contributed by atoms with van der Waals surface area (Å²) in [5.74, 6) is -1.64. The number of hydrogen-bond donors (Lipinski definition) is 1. The van der Waals surface area contributed by atoms with Crippen LogP contribution in [0.3, 0.4) is 0 Å². The first-order valence-corrected chi connectivity index (χ1v) is 11.2. The Kier molecular flexibility index (Phi) is 4.93. The Labute approximate surface area is 146 Å². The van der Waals surface area contributed by atoms with E-state index in [0.29, 0.717) is 6.42 Å². The molecule has 0 spiro atoms. The zero-order chi connectivity index (χ0) is 19.2. The first-order chi connectivity index (χ1) is 11.4. The Morgan fingerprint density at radius 3 is 2.12 bits per heavy atom. The van der Waals surface area contributed by atoms with E-state index in [-0.39, 0.29) is 35.3 Å². The molecule has 1 aliphatic carbocycles. The van der Waals surface area contributed by atoms with E-state index in [9.17, 15) is 31.5 Å². The maximum absolute atomic E-state index is 12.7. The molecule has 0 aliphatic heterocycles. The van der Waals surface area contributed by atoms with E-state index in [1.165, 1.54) is 13.0 Å². The van der Waals surface area contributed by atoms with Crippen molar-refractivity contribution in [1.82, 2.24) is 0 Å². The van der Waals surface area contributed by atoms with Crippen molar-refractivity contribution < 1.29 is 31.5 Å². The van der Waals surface area contributed by atoms with Crippen LogP contribution in [-0.4, -0.2) is 46.0 Å². The third-order valence-corrected chi connectivity index (χ3v) is 6.53. The lowest BCUT2D eigenvalue weighted by molar-refractivity contribution is -0.116. The largest absolute Gasteiger partial charge is 0.511 e. The van der Waals surface area contributed by atoms with Crippen molar-refractivity contribution in [1.29, 1.82) is 0 Å². The molecule has 0 aromatic heterocycles. The number of aliphatic hydroxyl groups excluding tert-OH is 1. The topological polar surface area (TPSA) is 123 Å². The standard InChI is InChI=1S/C16H18O7S2/c1-9-10(15(19)14-11(17)5-4-6-12(14)18)7-8-13(24(2,20)21)16(9)25(3,22)23/h7-8,17H,4-6H2,1-3H3. The van der Waals surface area contributed by atoms with Crippen molar-refractivity contribution in [3.05, 3.63) is 34.6 Å². The highest BCUT2D eigenvalue weighted by Crippen LogP contribution is 2.30. The summed E-state index contributed by atoms with van der Waals surface area (Å²) in [6, 6.07) is 2.21. The SMILES string of the molecule is Cc1c(C(=O)C2=C(O)CCCC2=O)ccc(S(C)(=O)=O)c1S(C)(=O)=O. The zero-order valence-corrected chi connectivity index (χ0v) is 15.6. The molecule has 0 bridgehead atoms. The molecule has 0 fully saturated rings. The van der Waals surface area contributed by atoms with Crippen LogP contribution in [0.2, 0.25) is 0 Å². The van der Waals surface area contributed by atoms with Gasteiger partial charge in [0.2, 0.25) is 0 Å². The molecule has 136 valence electrons. The maximum Gasteiger partial charge on any atom is 0.200 e. The van der Waals surface area contributed by atoms with E-state index in [1.54, 1.807) is 0 Å². The molecule has 0 amide bonds. The quantitative estimate of drug-likeness (QED) is 0.615. The van der Waals surface area contributed by atoms with Crippen LogP contribution < -0.4 is 0 Å². The number of sulfone groups is 2. The maximum atomic E-state index is 12.7. The number of allylic oxidation sites excluding steroid dienone is 2. The number of aliphatic hydroxyl groups is 1. The molecule has 0 radical (unpaired) electrons. The van der Waals surface area contributed by atoms with Gasteiger partial charge in [0, 0.05) is 30.9 Å². The summed E-state index contributed by atoms with van der Waals surface area (Å²) in [7, 11) is -7.80. The predicted molar refractivity (Wildman–Crippen MR) is 90.2 cm³/mol. The van der Waals surface area contributed by atoms with Gasteiger partial charge in [-0.05, 0) is 31.0 Å². The van der Waals surface area contributed by atoms with Crippen molar-refractivity contribution in [2.75, 3.05) is 12.5 Å². The lowest BCUT2D eigenvalue weighted by atomic mass is 9.89. The van der Waals surface area contributed by atoms with Crippen LogP contribution in [0.15, 0.2) is 33.3 Å². The Morgan fingerprint density at radius 2 is 1.64 bits per heavy atom. The lowest BCUT2D eigenvalue weighted by Gasteiger charge is -2.17. The Morgan fingerprint density at radius 1 is 1.04 bits per heavy atom. The molecule has 9 heteroatoms. The number of Topliss-reactive ketones (excluding diaryl/α,β-unsaturated/α-hetero) is 2. The van der Waals surface area contributed by atoms with E-state index in [4.69, 9.17) is 0 Å². The number of hydrogen-bond acceptors (Lipinski definition) is 7. The summed E-state index contributed by atoms with van der Waals surface area (Å²) >= 11 is 0. The molecule has 1 N–H and O–H groups in total. The second-order valence-corrected chi connectivity index (χ2v) is 9.97. The van der Waals surface area contributed by atoms with Crippen LogP contribution in [0.5, 0.6) is 0 Å². The van der Waals surface area contributed by atoms with Crippen LogP contribution in [0.25, 0.3) is 0 Å². The van der Waals surface area contributed by atoms with Crippen molar-refractivity contribution in [3.8, 4) is 0 Å². The fourth-order valence-corrected chi connectivity index (χ4v) is 5.70. The monoisotopic (exact) mass is 386 g/mol. The van der Waals surface area contributed by atoms with Gasteiger partial charge in [-0.25, -0.2) is 16.8 Å². The van der Waals surface area contributed by atoms with Gasteiger partial charge in [0.15, 0.2) is 31.2 Å². The predicted octanol–water partition coefficient (Wildman–Crippen LogP) is 1.55. The second-order valence-electron chi connectivity index (χ2n) is 6.04. The summed E-state index contributed by atoms with van der Waals surface area (Å²) in [5.41, 5.74) is -0.542. The fourth-order valence-electron chi connectivity index (χ4n) is 2.89. The first-order valence-electron chi connectivity index (χ1n) is 7.39. The van der Waals surface area contributed by atoms with Gasteiger partial charge in [0.1, 0.15) is 11.3 Å². The Hall–Kier alpha value is -2.00. The number of carbonyl (C=O) groups is 2. The Balaban J connectivity index is 2.78. The van der Waals surface area contributed by atoms with Gasteiger partial charge in [0.05, 0.1) is 9.79 Å². The summed E-state index contributed by atoms with van der Waals surface area (Å²) < 4.78 is 48.0. The molecule has 1 aliphatic rings.